The summed E-state index contributed by atoms with van der Waals surface area (Å²) < 4.78 is 0. The average molecular weight is 358 g/mol. The summed E-state index contributed by atoms with van der Waals surface area (Å²) in [5, 5.41) is 24.9. The zero-order valence-electron chi connectivity index (χ0n) is 13.9. The number of non-ortho nitro benzene ring substituents is 1. The van der Waals surface area contributed by atoms with Gasteiger partial charge in [-0.3, -0.25) is 19.8 Å². The molecule has 1 N–H and O–H groups in total. The quantitative estimate of drug-likeness (QED) is 0.603. The predicted octanol–water partition coefficient (Wildman–Crippen LogP) is 3.55. The monoisotopic (exact) mass is 358 g/mol. The third-order valence-corrected chi connectivity index (χ3v) is 4.78. The fourth-order valence-corrected chi connectivity index (χ4v) is 3.06. The number of nitrogens with zero attached hydrogens (tertiary/aromatic N) is 3. The Labute approximate surface area is 149 Å². The molecular weight excluding hydrogens is 340 g/mol. The van der Waals surface area contributed by atoms with Crippen molar-refractivity contribution in [2.24, 2.45) is 0 Å². The number of nitrogens with one attached hydrogen (secondary N) is 1. The third kappa shape index (κ3) is 4.86. The number of nitro groups is 1. The Morgan fingerprint density at radius 1 is 1.48 bits per heavy atom. The van der Waals surface area contributed by atoms with Crippen LogP contribution < -0.4 is 5.32 Å². The van der Waals surface area contributed by atoms with Gasteiger partial charge >= 0.3 is 0 Å². The second-order valence-corrected chi connectivity index (χ2v) is 6.50. The van der Waals surface area contributed by atoms with E-state index in [9.17, 15) is 14.9 Å². The summed E-state index contributed by atoms with van der Waals surface area (Å²) in [4.78, 5) is 24.5. The van der Waals surface area contributed by atoms with Gasteiger partial charge in [-0.05, 0) is 31.0 Å². The van der Waals surface area contributed by atoms with Crippen molar-refractivity contribution in [2.45, 2.75) is 19.4 Å². The van der Waals surface area contributed by atoms with Gasteiger partial charge < -0.3 is 5.32 Å². The number of amides is 1. The van der Waals surface area contributed by atoms with Gasteiger partial charge in [-0.1, -0.05) is 12.1 Å². The van der Waals surface area contributed by atoms with Crippen LogP contribution in [0, 0.1) is 21.4 Å². The zero-order chi connectivity index (χ0) is 18.4. The number of carbonyl (C=O) groups is 1. The molecule has 0 fully saturated rings. The standard InChI is InChI=1S/C17H18N4O3S/c1-12(13-4-3-5-15(10-13)21(23)24)20(2)8-6-16(22)19-17-14(11-18)7-9-25-17/h3-5,7,9-10,12H,6,8H2,1-2H3,(H,19,22)/t12-/m1/s1. The fourth-order valence-electron chi connectivity index (χ4n) is 2.31. The number of hydrogen-bond donors (Lipinski definition) is 1. The highest BCUT2D eigenvalue weighted by atomic mass is 32.1. The molecule has 1 aromatic carbocycles. The molecule has 0 saturated carbocycles. The minimum Gasteiger partial charge on any atom is -0.317 e. The minimum absolute atomic E-state index is 0.0530. The lowest BCUT2D eigenvalue weighted by Crippen LogP contribution is -2.27. The lowest BCUT2D eigenvalue weighted by atomic mass is 10.1. The number of anilines is 1. The fraction of sp³-hybridized carbons (Fsp3) is 0.294. The summed E-state index contributed by atoms with van der Waals surface area (Å²) in [6, 6.07) is 10.1. The number of hydrogen-bond acceptors (Lipinski definition) is 6. The Morgan fingerprint density at radius 3 is 2.92 bits per heavy atom. The van der Waals surface area contributed by atoms with E-state index in [1.165, 1.54) is 17.4 Å². The van der Waals surface area contributed by atoms with Crippen molar-refractivity contribution in [2.75, 3.05) is 18.9 Å². The van der Waals surface area contributed by atoms with Gasteiger partial charge in [0, 0.05) is 31.1 Å². The SMILES string of the molecule is C[C@H](c1cccc([N+](=O)[O-])c1)N(C)CCC(=O)Nc1sccc1C#N. The maximum atomic E-state index is 12.1. The maximum Gasteiger partial charge on any atom is 0.269 e. The first-order valence-corrected chi connectivity index (χ1v) is 8.52. The largest absolute Gasteiger partial charge is 0.317 e. The maximum absolute atomic E-state index is 12.1. The molecule has 0 bridgehead atoms. The van der Waals surface area contributed by atoms with Crippen molar-refractivity contribution in [1.82, 2.24) is 4.90 Å². The van der Waals surface area contributed by atoms with Gasteiger partial charge in [-0.15, -0.1) is 11.3 Å². The van der Waals surface area contributed by atoms with Crippen LogP contribution in [0.25, 0.3) is 0 Å². The van der Waals surface area contributed by atoms with Crippen molar-refractivity contribution in [1.29, 1.82) is 5.26 Å². The van der Waals surface area contributed by atoms with Gasteiger partial charge in [0.25, 0.3) is 5.69 Å². The molecule has 0 aliphatic heterocycles. The lowest BCUT2D eigenvalue weighted by Gasteiger charge is -2.24. The van der Waals surface area contributed by atoms with E-state index < -0.39 is 4.92 Å². The molecule has 0 aliphatic rings. The molecule has 0 spiro atoms. The summed E-state index contributed by atoms with van der Waals surface area (Å²) in [5.41, 5.74) is 1.33. The average Bonchev–Trinajstić information content (AvgIpc) is 3.06. The number of carbonyl (C=O) groups excluding carboxylic acids is 1. The molecule has 7 nitrogen and oxygen atoms in total. The van der Waals surface area contributed by atoms with Crippen molar-refractivity contribution in [3.8, 4) is 6.07 Å². The first-order valence-electron chi connectivity index (χ1n) is 7.64. The molecule has 8 heteroatoms. The van der Waals surface area contributed by atoms with Gasteiger partial charge in [0.2, 0.25) is 5.91 Å². The summed E-state index contributed by atoms with van der Waals surface area (Å²) in [6.45, 7) is 2.42. The second-order valence-electron chi connectivity index (χ2n) is 5.58. The first-order chi connectivity index (χ1) is 11.9. The van der Waals surface area contributed by atoms with Gasteiger partial charge in [-0.2, -0.15) is 5.26 Å². The topological polar surface area (TPSA) is 99.3 Å². The van der Waals surface area contributed by atoms with Crippen LogP contribution in [0.4, 0.5) is 10.7 Å². The van der Waals surface area contributed by atoms with Crippen molar-refractivity contribution < 1.29 is 9.72 Å². The van der Waals surface area contributed by atoms with E-state index in [-0.39, 0.29) is 24.1 Å². The van der Waals surface area contributed by atoms with Crippen molar-refractivity contribution >= 4 is 27.9 Å². The first kappa shape index (κ1) is 18.6. The molecule has 130 valence electrons. The Morgan fingerprint density at radius 2 is 2.24 bits per heavy atom. The molecule has 1 heterocycles. The summed E-state index contributed by atoms with van der Waals surface area (Å²) in [6.07, 6.45) is 0.262. The van der Waals surface area contributed by atoms with Gasteiger partial charge in [0.1, 0.15) is 11.1 Å². The molecule has 2 rings (SSSR count). The Bertz CT molecular complexity index is 812. The molecule has 0 radical (unpaired) electrons. The Kier molecular flexibility index (Phi) is 6.22. The van der Waals surface area contributed by atoms with E-state index >= 15 is 0 Å². The van der Waals surface area contributed by atoms with Gasteiger partial charge in [-0.25, -0.2) is 0 Å². The molecule has 0 saturated heterocycles. The molecule has 0 aliphatic carbocycles. The smallest absolute Gasteiger partial charge is 0.269 e. The number of rotatable bonds is 7. The van der Waals surface area contributed by atoms with E-state index in [0.717, 1.165) is 5.56 Å². The number of nitro benzene ring substituents is 1. The van der Waals surface area contributed by atoms with Crippen LogP contribution in [0.2, 0.25) is 0 Å². The summed E-state index contributed by atoms with van der Waals surface area (Å²) >= 11 is 1.31. The highest BCUT2D eigenvalue weighted by Crippen LogP contribution is 2.24. The van der Waals surface area contributed by atoms with Crippen LogP contribution in [0.15, 0.2) is 35.7 Å². The van der Waals surface area contributed by atoms with Gasteiger partial charge in [0.15, 0.2) is 0 Å². The molecule has 1 atom stereocenters. The van der Waals surface area contributed by atoms with E-state index in [1.54, 1.807) is 23.6 Å². The number of nitriles is 1. The van der Waals surface area contributed by atoms with Crippen LogP contribution in [0.1, 0.15) is 30.5 Å². The zero-order valence-corrected chi connectivity index (χ0v) is 14.7. The van der Waals surface area contributed by atoms with Crippen molar-refractivity contribution in [3.63, 3.8) is 0 Å². The van der Waals surface area contributed by atoms with Crippen LogP contribution in [-0.4, -0.2) is 29.3 Å². The van der Waals surface area contributed by atoms with E-state index in [0.29, 0.717) is 17.1 Å². The predicted molar refractivity (Wildman–Crippen MR) is 96.4 cm³/mol. The molecule has 0 unspecified atom stereocenters. The Hall–Kier alpha value is -2.76. The van der Waals surface area contributed by atoms with E-state index in [4.69, 9.17) is 5.26 Å². The van der Waals surface area contributed by atoms with Crippen LogP contribution in [0.5, 0.6) is 0 Å². The van der Waals surface area contributed by atoms with E-state index in [2.05, 4.69) is 5.32 Å². The van der Waals surface area contributed by atoms with Crippen LogP contribution >= 0.6 is 11.3 Å². The normalized spacial score (nSPS) is 11.8. The summed E-state index contributed by atoms with van der Waals surface area (Å²) in [5.74, 6) is -0.169. The highest BCUT2D eigenvalue weighted by Gasteiger charge is 2.16. The van der Waals surface area contributed by atoms with Gasteiger partial charge in [0.05, 0.1) is 10.5 Å². The minimum atomic E-state index is -0.419. The number of benzene rings is 1. The molecule has 1 amide bonds. The third-order valence-electron chi connectivity index (χ3n) is 3.95. The second kappa shape index (κ2) is 8.37. The Balaban J connectivity index is 1.92. The molecular formula is C17H18N4O3S. The highest BCUT2D eigenvalue weighted by molar-refractivity contribution is 7.14. The molecule has 25 heavy (non-hydrogen) atoms. The molecule has 1 aromatic heterocycles. The van der Waals surface area contributed by atoms with E-state index in [1.807, 2.05) is 31.0 Å². The summed E-state index contributed by atoms with van der Waals surface area (Å²) in [7, 11) is 1.86. The van der Waals surface area contributed by atoms with Crippen LogP contribution in [-0.2, 0) is 4.79 Å². The van der Waals surface area contributed by atoms with Crippen molar-refractivity contribution in [3.05, 3.63) is 57.0 Å². The molecule has 2 aromatic rings. The number of thiophene rings is 1. The van der Waals surface area contributed by atoms with Crippen LogP contribution in [0.3, 0.4) is 0 Å². The lowest BCUT2D eigenvalue weighted by molar-refractivity contribution is -0.384.